The molecule has 0 atom stereocenters. The van der Waals surface area contributed by atoms with E-state index in [0.29, 0.717) is 10.8 Å². The van der Waals surface area contributed by atoms with E-state index in [1.165, 1.54) is 0 Å². The highest BCUT2D eigenvalue weighted by Gasteiger charge is 2.42. The summed E-state index contributed by atoms with van der Waals surface area (Å²) in [6.45, 7) is 0. The second-order valence-corrected chi connectivity index (χ2v) is 7.85. The van der Waals surface area contributed by atoms with Crippen molar-refractivity contribution in [2.45, 2.75) is 0 Å². The van der Waals surface area contributed by atoms with Gasteiger partial charge in [-0.2, -0.15) is 0 Å². The van der Waals surface area contributed by atoms with Crippen LogP contribution in [0.4, 0.5) is 8.22 Å². The fraction of sp³-hybridized carbons (Fsp3) is 0. The van der Waals surface area contributed by atoms with Crippen LogP contribution in [0.25, 0.3) is 21.5 Å². The first kappa shape index (κ1) is 14.1. The average Bonchev–Trinajstić information content (AvgIpc) is 2.60. The molecule has 0 amide bonds. The zero-order chi connectivity index (χ0) is 15.9. The molecule has 4 aromatic carbocycles. The Morgan fingerprint density at radius 2 is 0.870 bits per heavy atom. The van der Waals surface area contributed by atoms with E-state index in [9.17, 15) is 0 Å². The van der Waals surface area contributed by atoms with Gasteiger partial charge in [-0.25, -0.2) is 0 Å². The zero-order valence-corrected chi connectivity index (χ0v) is 13.3. The van der Waals surface area contributed by atoms with E-state index in [2.05, 4.69) is 0 Å². The van der Waals surface area contributed by atoms with Crippen LogP contribution < -0.4 is 10.4 Å². The minimum Gasteiger partial charge on any atom is -0.259 e. The largest absolute Gasteiger partial charge is 0.488 e. The molecular weight excluding hydrogens is 306 g/mol. The summed E-state index contributed by atoms with van der Waals surface area (Å²) in [5.41, 5.74) is 0. The van der Waals surface area contributed by atoms with Crippen LogP contribution >= 0.6 is 0 Å². The van der Waals surface area contributed by atoms with Crippen LogP contribution in [0.3, 0.4) is 0 Å². The van der Waals surface area contributed by atoms with Crippen molar-refractivity contribution in [2.75, 3.05) is 0 Å². The van der Waals surface area contributed by atoms with Gasteiger partial charge in [-0.15, -0.1) is 0 Å². The number of halogens is 2. The Hall–Kier alpha value is -2.52. The Balaban J connectivity index is 2.02. The summed E-state index contributed by atoms with van der Waals surface area (Å²) in [6, 6.07) is 25.1. The molecule has 0 aliphatic carbocycles. The zero-order valence-electron chi connectivity index (χ0n) is 12.3. The predicted octanol–water partition coefficient (Wildman–Crippen LogP) is 4.49. The standard InChI is InChI=1S/C20H14F2Si/c21-23(22,19-13-5-9-15-7-1-3-11-17(15)19)20-14-6-10-16-8-2-4-12-18(16)20/h1-14H. The van der Waals surface area contributed by atoms with Crippen LogP contribution in [0.5, 0.6) is 0 Å². The molecule has 4 rings (SSSR count). The summed E-state index contributed by atoms with van der Waals surface area (Å²) in [6.07, 6.45) is 0. The molecule has 23 heavy (non-hydrogen) atoms. The predicted molar refractivity (Wildman–Crippen MR) is 95.1 cm³/mol. The van der Waals surface area contributed by atoms with Crippen molar-refractivity contribution >= 4 is 40.7 Å². The van der Waals surface area contributed by atoms with Crippen molar-refractivity contribution in [3.8, 4) is 0 Å². The van der Waals surface area contributed by atoms with Gasteiger partial charge in [0.2, 0.25) is 0 Å². The van der Waals surface area contributed by atoms with Crippen LogP contribution in [0.15, 0.2) is 84.9 Å². The van der Waals surface area contributed by atoms with E-state index in [1.807, 2.05) is 48.5 Å². The molecule has 0 saturated heterocycles. The van der Waals surface area contributed by atoms with Gasteiger partial charge in [0.15, 0.2) is 0 Å². The maximum absolute atomic E-state index is 15.5. The molecular formula is C20H14F2Si. The Bertz CT molecular complexity index is 916. The van der Waals surface area contributed by atoms with Gasteiger partial charge in [0.25, 0.3) is 0 Å². The van der Waals surface area contributed by atoms with Crippen molar-refractivity contribution in [1.82, 2.24) is 0 Å². The van der Waals surface area contributed by atoms with Gasteiger partial charge in [0, 0.05) is 10.4 Å². The third kappa shape index (κ3) is 2.25. The molecule has 4 aromatic rings. The van der Waals surface area contributed by atoms with E-state index in [0.717, 1.165) is 10.8 Å². The van der Waals surface area contributed by atoms with E-state index < -0.39 is 8.74 Å². The minimum absolute atomic E-state index is 0.187. The van der Waals surface area contributed by atoms with Gasteiger partial charge in [-0.3, -0.25) is 8.22 Å². The Kier molecular flexibility index (Phi) is 3.24. The fourth-order valence-corrected chi connectivity index (χ4v) is 5.18. The lowest BCUT2D eigenvalue weighted by molar-refractivity contribution is 0.656. The topological polar surface area (TPSA) is 0 Å². The van der Waals surface area contributed by atoms with Crippen molar-refractivity contribution in [2.24, 2.45) is 0 Å². The number of benzene rings is 4. The number of hydrogen-bond acceptors (Lipinski definition) is 0. The fourth-order valence-electron chi connectivity index (χ4n) is 3.14. The van der Waals surface area contributed by atoms with Crippen LogP contribution in [0.1, 0.15) is 0 Å². The van der Waals surface area contributed by atoms with E-state index in [1.54, 1.807) is 36.4 Å². The van der Waals surface area contributed by atoms with Gasteiger partial charge < -0.3 is 0 Å². The second kappa shape index (κ2) is 5.28. The van der Waals surface area contributed by atoms with Gasteiger partial charge in [-0.05, 0) is 21.5 Å². The van der Waals surface area contributed by atoms with E-state index in [-0.39, 0.29) is 10.4 Å². The maximum atomic E-state index is 15.5. The average molecular weight is 320 g/mol. The van der Waals surface area contributed by atoms with Crippen molar-refractivity contribution in [3.63, 3.8) is 0 Å². The number of hydrogen-bond donors (Lipinski definition) is 0. The quantitative estimate of drug-likeness (QED) is 0.377. The van der Waals surface area contributed by atoms with Crippen LogP contribution in [-0.2, 0) is 0 Å². The number of fused-ring (bicyclic) bond motifs is 2. The van der Waals surface area contributed by atoms with Crippen LogP contribution in [0, 0.1) is 0 Å². The first-order valence-corrected chi connectivity index (χ1v) is 9.28. The van der Waals surface area contributed by atoms with Crippen molar-refractivity contribution in [3.05, 3.63) is 84.9 Å². The molecule has 0 N–H and O–H groups in total. The smallest absolute Gasteiger partial charge is 0.259 e. The maximum Gasteiger partial charge on any atom is 0.488 e. The molecule has 0 nitrogen and oxygen atoms in total. The highest BCUT2D eigenvalue weighted by molar-refractivity contribution is 6.94. The van der Waals surface area contributed by atoms with Crippen molar-refractivity contribution in [1.29, 1.82) is 0 Å². The summed E-state index contributed by atoms with van der Waals surface area (Å²) in [4.78, 5) is 0. The third-order valence-corrected chi connectivity index (χ3v) is 6.48. The molecule has 0 aliphatic rings. The lowest BCUT2D eigenvalue weighted by atomic mass is 10.1. The normalized spacial score (nSPS) is 11.9. The summed E-state index contributed by atoms with van der Waals surface area (Å²) in [5, 5.41) is 3.40. The molecule has 0 radical (unpaired) electrons. The summed E-state index contributed by atoms with van der Waals surface area (Å²) in [5.74, 6) is 0. The van der Waals surface area contributed by atoms with Gasteiger partial charge in [0.1, 0.15) is 0 Å². The molecule has 0 aliphatic heterocycles. The molecule has 0 unspecified atom stereocenters. The number of rotatable bonds is 2. The molecule has 0 spiro atoms. The molecule has 0 bridgehead atoms. The summed E-state index contributed by atoms with van der Waals surface area (Å²) >= 11 is 0. The van der Waals surface area contributed by atoms with E-state index >= 15 is 8.22 Å². The third-order valence-electron chi connectivity index (χ3n) is 4.26. The molecule has 3 heteroatoms. The van der Waals surface area contributed by atoms with Gasteiger partial charge >= 0.3 is 8.74 Å². The molecule has 112 valence electrons. The van der Waals surface area contributed by atoms with Crippen LogP contribution in [-0.4, -0.2) is 8.74 Å². The molecule has 0 fully saturated rings. The highest BCUT2D eigenvalue weighted by atomic mass is 28.4. The van der Waals surface area contributed by atoms with Gasteiger partial charge in [-0.1, -0.05) is 84.9 Å². The first-order valence-electron chi connectivity index (χ1n) is 7.52. The highest BCUT2D eigenvalue weighted by Crippen LogP contribution is 2.21. The SMILES string of the molecule is F[Si](F)(c1cccc2ccccc12)c1cccc2ccccc12. The Morgan fingerprint density at radius 1 is 0.478 bits per heavy atom. The lowest BCUT2D eigenvalue weighted by Crippen LogP contribution is -2.51. The Morgan fingerprint density at radius 3 is 1.35 bits per heavy atom. The second-order valence-electron chi connectivity index (χ2n) is 5.63. The van der Waals surface area contributed by atoms with Crippen LogP contribution in [0.2, 0.25) is 0 Å². The lowest BCUT2D eigenvalue weighted by Gasteiger charge is -2.18. The molecule has 0 heterocycles. The summed E-state index contributed by atoms with van der Waals surface area (Å²) < 4.78 is 31.0. The molecule has 0 saturated carbocycles. The summed E-state index contributed by atoms with van der Waals surface area (Å²) in [7, 11) is -4.78. The molecule has 0 aromatic heterocycles. The minimum atomic E-state index is -4.78. The van der Waals surface area contributed by atoms with E-state index in [4.69, 9.17) is 0 Å². The van der Waals surface area contributed by atoms with Gasteiger partial charge in [0.05, 0.1) is 0 Å². The first-order chi connectivity index (χ1) is 11.2. The Labute approximate surface area is 134 Å². The monoisotopic (exact) mass is 320 g/mol. The van der Waals surface area contributed by atoms with Crippen molar-refractivity contribution < 1.29 is 8.22 Å².